The van der Waals surface area contributed by atoms with Crippen molar-refractivity contribution in [2.24, 2.45) is 0 Å². The fourth-order valence-electron chi connectivity index (χ4n) is 2.73. The van der Waals surface area contributed by atoms with Crippen LogP contribution in [0.3, 0.4) is 0 Å². The first-order valence-electron chi connectivity index (χ1n) is 8.12. The Hall–Kier alpha value is -0.650. The molecule has 0 amide bonds. The monoisotopic (exact) mass is 381 g/mol. The van der Waals surface area contributed by atoms with Crippen molar-refractivity contribution in [3.05, 3.63) is 71.8 Å². The maximum absolute atomic E-state index is 6.30. The summed E-state index contributed by atoms with van der Waals surface area (Å²) in [6.45, 7) is 4.12. The third-order valence-corrected chi connectivity index (χ3v) is 6.33. The van der Waals surface area contributed by atoms with Gasteiger partial charge in [-0.05, 0) is 11.1 Å². The molecule has 0 bridgehead atoms. The van der Waals surface area contributed by atoms with E-state index in [0.29, 0.717) is 0 Å². The van der Waals surface area contributed by atoms with Crippen LogP contribution < -0.4 is 0 Å². The summed E-state index contributed by atoms with van der Waals surface area (Å²) in [6.07, 6.45) is 0.0214. The Kier molecular flexibility index (Phi) is 9.07. The van der Waals surface area contributed by atoms with Gasteiger partial charge in [0.25, 0.3) is 0 Å². The molecule has 24 heavy (non-hydrogen) atoms. The highest BCUT2D eigenvalue weighted by atomic mass is 35.5. The van der Waals surface area contributed by atoms with Gasteiger partial charge in [-0.3, -0.25) is 4.90 Å². The van der Waals surface area contributed by atoms with Crippen LogP contribution >= 0.6 is 34.0 Å². The van der Waals surface area contributed by atoms with Gasteiger partial charge < -0.3 is 4.74 Å². The normalized spacial score (nSPS) is 15.7. The Morgan fingerprint density at radius 3 is 1.83 bits per heavy atom. The molecule has 1 aliphatic rings. The summed E-state index contributed by atoms with van der Waals surface area (Å²) in [5, 5.41) is 0. The van der Waals surface area contributed by atoms with Crippen LogP contribution in [0.4, 0.5) is 0 Å². The lowest BCUT2D eigenvalue weighted by Crippen LogP contribution is -2.31. The molecule has 3 rings (SSSR count). The van der Waals surface area contributed by atoms with Gasteiger partial charge in [0.15, 0.2) is 0 Å². The second kappa shape index (κ2) is 11.1. The summed E-state index contributed by atoms with van der Waals surface area (Å²) in [4.78, 5) is 2.51. The van der Waals surface area contributed by atoms with Crippen LogP contribution in [-0.2, 0) is 4.74 Å². The smallest absolute Gasteiger partial charge is 0.108 e. The van der Waals surface area contributed by atoms with Gasteiger partial charge in [0.05, 0.1) is 6.61 Å². The predicted molar refractivity (Wildman–Crippen MR) is 109 cm³/mol. The van der Waals surface area contributed by atoms with E-state index in [0.717, 1.165) is 13.2 Å². The summed E-state index contributed by atoms with van der Waals surface area (Å²) >= 11 is 0. The first kappa shape index (κ1) is 19.7. The van der Waals surface area contributed by atoms with Crippen LogP contribution in [0.15, 0.2) is 60.7 Å². The molecule has 2 aromatic carbocycles. The molecule has 1 saturated heterocycles. The van der Waals surface area contributed by atoms with Crippen molar-refractivity contribution in [1.82, 2.24) is 4.90 Å². The average molecular weight is 382 g/mol. The number of rotatable bonds is 6. The third kappa shape index (κ3) is 6.01. The molecule has 2 aromatic rings. The van der Waals surface area contributed by atoms with Crippen molar-refractivity contribution in [3.63, 3.8) is 0 Å². The average Bonchev–Trinajstić information content (AvgIpc) is 2.89. The van der Waals surface area contributed by atoms with E-state index in [1.165, 1.54) is 35.7 Å². The quantitative estimate of drug-likeness (QED) is 0.658. The van der Waals surface area contributed by atoms with E-state index in [4.69, 9.17) is 4.74 Å². The highest BCUT2D eigenvalue weighted by Gasteiger charge is 2.15. The Labute approximate surface area is 159 Å². The molecule has 5 heteroatoms. The van der Waals surface area contributed by atoms with Gasteiger partial charge >= 0.3 is 0 Å². The van der Waals surface area contributed by atoms with E-state index in [-0.39, 0.29) is 18.5 Å². The molecule has 0 radical (unpaired) electrons. The van der Waals surface area contributed by atoms with E-state index < -0.39 is 0 Å². The molecular weight excluding hydrogens is 358 g/mol. The van der Waals surface area contributed by atoms with Gasteiger partial charge in [-0.1, -0.05) is 82.3 Å². The molecule has 0 saturated carbocycles. The first-order valence-corrected chi connectivity index (χ1v) is 10.6. The zero-order valence-corrected chi connectivity index (χ0v) is 16.1. The Morgan fingerprint density at radius 1 is 0.833 bits per heavy atom. The number of ether oxygens (including phenoxy) is 1. The number of halogens is 1. The standard InChI is InChI=1S/C19H23NOS2.ClH/c1-3-7-17(8-4-1)19(18-9-5-2-6-10-18)21-14-11-20-12-15-22-23-16-13-20;/h1-10,19H,11-16H2;1H. The largest absolute Gasteiger partial charge is 0.367 e. The van der Waals surface area contributed by atoms with E-state index in [1.54, 1.807) is 0 Å². The zero-order chi connectivity index (χ0) is 15.7. The molecule has 0 aromatic heterocycles. The fourth-order valence-corrected chi connectivity index (χ4v) is 4.78. The SMILES string of the molecule is Cl.c1ccc(C(OCCN2CCSSCC2)c2ccccc2)cc1. The Bertz CT molecular complexity index is 523. The summed E-state index contributed by atoms with van der Waals surface area (Å²) in [5.74, 6) is 2.43. The molecule has 0 spiro atoms. The maximum Gasteiger partial charge on any atom is 0.108 e. The predicted octanol–water partition coefficient (Wildman–Crippen LogP) is 4.91. The van der Waals surface area contributed by atoms with Crippen LogP contribution in [0.2, 0.25) is 0 Å². The minimum Gasteiger partial charge on any atom is -0.367 e. The fraction of sp³-hybridized carbons (Fsp3) is 0.368. The maximum atomic E-state index is 6.30. The molecule has 1 fully saturated rings. The van der Waals surface area contributed by atoms with Crippen LogP contribution in [0.5, 0.6) is 0 Å². The third-order valence-electron chi connectivity index (χ3n) is 3.96. The lowest BCUT2D eigenvalue weighted by atomic mass is 10.0. The van der Waals surface area contributed by atoms with Crippen LogP contribution in [0.25, 0.3) is 0 Å². The second-order valence-corrected chi connectivity index (χ2v) is 8.26. The summed E-state index contributed by atoms with van der Waals surface area (Å²) in [5.41, 5.74) is 2.45. The van der Waals surface area contributed by atoms with Gasteiger partial charge in [-0.25, -0.2) is 0 Å². The lowest BCUT2D eigenvalue weighted by molar-refractivity contribution is 0.0624. The minimum atomic E-state index is 0. The summed E-state index contributed by atoms with van der Waals surface area (Å²) < 4.78 is 6.30. The van der Waals surface area contributed by atoms with Crippen LogP contribution in [0.1, 0.15) is 17.2 Å². The number of hydrogen-bond donors (Lipinski definition) is 0. The number of hydrogen-bond acceptors (Lipinski definition) is 4. The van der Waals surface area contributed by atoms with Gasteiger partial charge in [0.2, 0.25) is 0 Å². The molecule has 1 heterocycles. The van der Waals surface area contributed by atoms with E-state index in [2.05, 4.69) is 65.6 Å². The number of benzene rings is 2. The molecule has 0 aliphatic carbocycles. The highest BCUT2D eigenvalue weighted by Crippen LogP contribution is 2.26. The lowest BCUT2D eigenvalue weighted by Gasteiger charge is -2.23. The Morgan fingerprint density at radius 2 is 1.33 bits per heavy atom. The molecule has 2 nitrogen and oxygen atoms in total. The first-order chi connectivity index (χ1) is 11.4. The van der Waals surface area contributed by atoms with Crippen molar-refractivity contribution < 1.29 is 4.74 Å². The van der Waals surface area contributed by atoms with Crippen molar-refractivity contribution in [3.8, 4) is 0 Å². The van der Waals surface area contributed by atoms with Crippen LogP contribution in [-0.4, -0.2) is 42.6 Å². The van der Waals surface area contributed by atoms with Crippen molar-refractivity contribution in [1.29, 1.82) is 0 Å². The van der Waals surface area contributed by atoms with E-state index in [9.17, 15) is 0 Å². The molecular formula is C19H24ClNOS2. The molecule has 130 valence electrons. The van der Waals surface area contributed by atoms with Crippen molar-refractivity contribution in [2.75, 3.05) is 37.7 Å². The topological polar surface area (TPSA) is 12.5 Å². The van der Waals surface area contributed by atoms with Gasteiger partial charge in [-0.15, -0.1) is 12.4 Å². The summed E-state index contributed by atoms with van der Waals surface area (Å²) in [6, 6.07) is 21.0. The number of nitrogens with zero attached hydrogens (tertiary/aromatic N) is 1. The zero-order valence-electron chi connectivity index (χ0n) is 13.7. The van der Waals surface area contributed by atoms with Crippen LogP contribution in [0, 0.1) is 0 Å². The molecule has 0 unspecified atom stereocenters. The summed E-state index contributed by atoms with van der Waals surface area (Å²) in [7, 11) is 3.97. The van der Waals surface area contributed by atoms with Gasteiger partial charge in [0, 0.05) is 31.1 Å². The van der Waals surface area contributed by atoms with Crippen molar-refractivity contribution >= 4 is 34.0 Å². The van der Waals surface area contributed by atoms with Crippen molar-refractivity contribution in [2.45, 2.75) is 6.10 Å². The minimum absolute atomic E-state index is 0. The second-order valence-electron chi connectivity index (χ2n) is 5.56. The molecule has 1 aliphatic heterocycles. The van der Waals surface area contributed by atoms with E-state index >= 15 is 0 Å². The van der Waals surface area contributed by atoms with E-state index in [1.807, 2.05) is 21.6 Å². The molecule has 0 atom stereocenters. The van der Waals surface area contributed by atoms with Gasteiger partial charge in [-0.2, -0.15) is 0 Å². The molecule has 0 N–H and O–H groups in total. The Balaban J connectivity index is 0.00000208. The van der Waals surface area contributed by atoms with Gasteiger partial charge in [0.1, 0.15) is 6.10 Å². The highest BCUT2D eigenvalue weighted by molar-refractivity contribution is 8.76.